The van der Waals surface area contributed by atoms with Gasteiger partial charge in [0.25, 0.3) is 0 Å². The summed E-state index contributed by atoms with van der Waals surface area (Å²) in [5.74, 6) is 0.811. The second-order valence-electron chi connectivity index (χ2n) is 6.20. The van der Waals surface area contributed by atoms with E-state index < -0.39 is 5.54 Å². The van der Waals surface area contributed by atoms with Gasteiger partial charge in [0.1, 0.15) is 5.54 Å². The van der Waals surface area contributed by atoms with Crippen molar-refractivity contribution in [3.05, 3.63) is 35.4 Å². The van der Waals surface area contributed by atoms with E-state index in [2.05, 4.69) is 38.2 Å². The van der Waals surface area contributed by atoms with Crippen molar-refractivity contribution in [2.24, 2.45) is 5.92 Å². The number of methoxy groups -OCH3 is 1. The van der Waals surface area contributed by atoms with Gasteiger partial charge in [-0.1, -0.05) is 45.0 Å². The van der Waals surface area contributed by atoms with Gasteiger partial charge in [0, 0.05) is 0 Å². The van der Waals surface area contributed by atoms with E-state index in [-0.39, 0.29) is 5.97 Å². The van der Waals surface area contributed by atoms with Gasteiger partial charge in [-0.2, -0.15) is 0 Å². The topological polar surface area (TPSA) is 38.3 Å². The Morgan fingerprint density at radius 3 is 2.80 bits per heavy atom. The molecule has 1 N–H and O–H groups in total. The number of nitrogens with one attached hydrogen (secondary N) is 1. The molecule has 0 amide bonds. The molecule has 110 valence electrons. The molecule has 2 rings (SSSR count). The zero-order chi connectivity index (χ0) is 14.8. The summed E-state index contributed by atoms with van der Waals surface area (Å²) in [4.78, 5) is 12.5. The minimum absolute atomic E-state index is 0.169. The number of fused-ring (bicyclic) bond motifs is 1. The Morgan fingerprint density at radius 2 is 2.15 bits per heavy atom. The van der Waals surface area contributed by atoms with Gasteiger partial charge in [-0.3, -0.25) is 5.32 Å². The van der Waals surface area contributed by atoms with Crippen LogP contribution < -0.4 is 5.32 Å². The molecule has 1 aliphatic rings. The molecule has 1 aromatic carbocycles. The summed E-state index contributed by atoms with van der Waals surface area (Å²) in [5, 5.41) is 3.49. The van der Waals surface area contributed by atoms with Gasteiger partial charge in [-0.25, -0.2) is 4.79 Å². The smallest absolute Gasteiger partial charge is 0.330 e. The van der Waals surface area contributed by atoms with Gasteiger partial charge < -0.3 is 4.74 Å². The molecule has 2 atom stereocenters. The molecule has 0 radical (unpaired) electrons. The summed E-state index contributed by atoms with van der Waals surface area (Å²) in [5.41, 5.74) is 1.67. The van der Waals surface area contributed by atoms with Gasteiger partial charge in [0.2, 0.25) is 0 Å². The van der Waals surface area contributed by atoms with Crippen molar-refractivity contribution in [3.63, 3.8) is 0 Å². The first-order valence-electron chi connectivity index (χ1n) is 7.44. The highest BCUT2D eigenvalue weighted by Gasteiger charge is 2.45. The fraction of sp³-hybridized carbons (Fsp3) is 0.588. The lowest BCUT2D eigenvalue weighted by molar-refractivity contribution is -0.150. The first-order valence-corrected chi connectivity index (χ1v) is 7.44. The molecule has 0 bridgehead atoms. The van der Waals surface area contributed by atoms with Crippen LogP contribution in [0.4, 0.5) is 0 Å². The Labute approximate surface area is 121 Å². The number of hydrogen-bond donors (Lipinski definition) is 1. The predicted octanol–water partition coefficient (Wildman–Crippen LogP) is 3.20. The van der Waals surface area contributed by atoms with Crippen molar-refractivity contribution in [2.45, 2.75) is 45.1 Å². The Kier molecular flexibility index (Phi) is 4.48. The van der Waals surface area contributed by atoms with Crippen LogP contribution in [0, 0.1) is 5.92 Å². The van der Waals surface area contributed by atoms with Gasteiger partial charge >= 0.3 is 5.97 Å². The van der Waals surface area contributed by atoms with E-state index in [0.29, 0.717) is 11.8 Å². The molecule has 0 saturated carbocycles. The van der Waals surface area contributed by atoms with Crippen LogP contribution in [0.5, 0.6) is 0 Å². The van der Waals surface area contributed by atoms with Crippen molar-refractivity contribution in [1.82, 2.24) is 5.32 Å². The van der Waals surface area contributed by atoms with Crippen molar-refractivity contribution < 1.29 is 9.53 Å². The number of ether oxygens (including phenoxy) is 1. The fourth-order valence-corrected chi connectivity index (χ4v) is 3.06. The Bertz CT molecular complexity index is 484. The number of rotatable bonds is 4. The third-order valence-electron chi connectivity index (χ3n) is 4.25. The maximum Gasteiger partial charge on any atom is 0.330 e. The molecule has 3 heteroatoms. The largest absolute Gasteiger partial charge is 0.467 e. The van der Waals surface area contributed by atoms with Crippen LogP contribution in [0.15, 0.2) is 24.3 Å². The monoisotopic (exact) mass is 275 g/mol. The van der Waals surface area contributed by atoms with E-state index in [1.54, 1.807) is 0 Å². The zero-order valence-electron chi connectivity index (χ0n) is 12.9. The van der Waals surface area contributed by atoms with Crippen molar-refractivity contribution in [2.75, 3.05) is 13.7 Å². The SMILES string of the molecule is COC(=O)C1(NCC(C)C)CCC(C)c2ccccc21. The Hall–Kier alpha value is -1.35. The summed E-state index contributed by atoms with van der Waals surface area (Å²) < 4.78 is 5.12. The van der Waals surface area contributed by atoms with Crippen LogP contribution >= 0.6 is 0 Å². The summed E-state index contributed by atoms with van der Waals surface area (Å²) in [6, 6.07) is 8.25. The molecule has 1 aromatic rings. The Balaban J connectivity index is 2.46. The van der Waals surface area contributed by atoms with E-state index in [9.17, 15) is 4.79 Å². The van der Waals surface area contributed by atoms with Gasteiger partial charge in [-0.15, -0.1) is 0 Å². The highest BCUT2D eigenvalue weighted by Crippen LogP contribution is 2.42. The number of hydrogen-bond acceptors (Lipinski definition) is 3. The second kappa shape index (κ2) is 5.96. The molecule has 0 fully saturated rings. The van der Waals surface area contributed by atoms with E-state index in [0.717, 1.165) is 24.9 Å². The highest BCUT2D eigenvalue weighted by molar-refractivity contribution is 5.83. The molecule has 20 heavy (non-hydrogen) atoms. The molecule has 1 aliphatic carbocycles. The first kappa shape index (κ1) is 15.0. The summed E-state index contributed by atoms with van der Waals surface area (Å²) in [6.45, 7) is 7.32. The first-order chi connectivity index (χ1) is 9.51. The van der Waals surface area contributed by atoms with Crippen molar-refractivity contribution in [1.29, 1.82) is 0 Å². The molecule has 3 nitrogen and oxygen atoms in total. The minimum Gasteiger partial charge on any atom is -0.467 e. The quantitative estimate of drug-likeness (QED) is 0.858. The number of benzene rings is 1. The number of esters is 1. The van der Waals surface area contributed by atoms with Gasteiger partial charge in [-0.05, 0) is 42.3 Å². The van der Waals surface area contributed by atoms with Crippen LogP contribution in [-0.2, 0) is 15.1 Å². The minimum atomic E-state index is -0.678. The molecule has 0 aromatic heterocycles. The molecule has 2 unspecified atom stereocenters. The van der Waals surface area contributed by atoms with Crippen LogP contribution in [0.1, 0.15) is 50.7 Å². The van der Waals surface area contributed by atoms with Crippen molar-refractivity contribution >= 4 is 5.97 Å². The second-order valence-corrected chi connectivity index (χ2v) is 6.20. The fourth-order valence-electron chi connectivity index (χ4n) is 3.06. The van der Waals surface area contributed by atoms with Gasteiger partial charge in [0.05, 0.1) is 7.11 Å². The summed E-state index contributed by atoms with van der Waals surface area (Å²) >= 11 is 0. The molecule has 0 heterocycles. The molecule has 0 aliphatic heterocycles. The van der Waals surface area contributed by atoms with E-state index in [1.165, 1.54) is 12.7 Å². The molecule has 0 spiro atoms. The normalized spacial score (nSPS) is 25.4. The summed E-state index contributed by atoms with van der Waals surface area (Å²) in [7, 11) is 1.47. The molecular weight excluding hydrogens is 250 g/mol. The lowest BCUT2D eigenvalue weighted by atomic mass is 9.72. The van der Waals surface area contributed by atoms with Crippen molar-refractivity contribution in [3.8, 4) is 0 Å². The van der Waals surface area contributed by atoms with Crippen LogP contribution in [0.2, 0.25) is 0 Å². The lowest BCUT2D eigenvalue weighted by Crippen LogP contribution is -2.53. The maximum absolute atomic E-state index is 12.5. The van der Waals surface area contributed by atoms with Crippen LogP contribution in [-0.4, -0.2) is 19.6 Å². The summed E-state index contributed by atoms with van der Waals surface area (Å²) in [6.07, 6.45) is 1.79. The Morgan fingerprint density at radius 1 is 1.45 bits per heavy atom. The average Bonchev–Trinajstić information content (AvgIpc) is 2.46. The molecule has 0 saturated heterocycles. The highest BCUT2D eigenvalue weighted by atomic mass is 16.5. The van der Waals surface area contributed by atoms with E-state index in [1.807, 2.05) is 12.1 Å². The number of carbonyl (C=O) groups is 1. The predicted molar refractivity (Wildman–Crippen MR) is 80.6 cm³/mol. The van der Waals surface area contributed by atoms with E-state index >= 15 is 0 Å². The third kappa shape index (κ3) is 2.59. The van der Waals surface area contributed by atoms with Crippen LogP contribution in [0.3, 0.4) is 0 Å². The zero-order valence-corrected chi connectivity index (χ0v) is 12.9. The standard InChI is InChI=1S/C17H25NO2/c1-12(2)11-18-17(16(19)20-4)10-9-13(3)14-7-5-6-8-15(14)17/h5-8,12-13,18H,9-11H2,1-4H3. The lowest BCUT2D eigenvalue weighted by Gasteiger charge is -2.40. The van der Waals surface area contributed by atoms with Gasteiger partial charge in [0.15, 0.2) is 0 Å². The van der Waals surface area contributed by atoms with Crippen LogP contribution in [0.25, 0.3) is 0 Å². The average molecular weight is 275 g/mol. The number of carbonyl (C=O) groups excluding carboxylic acids is 1. The van der Waals surface area contributed by atoms with E-state index in [4.69, 9.17) is 4.74 Å². The molecular formula is C17H25NO2. The maximum atomic E-state index is 12.5. The third-order valence-corrected chi connectivity index (χ3v) is 4.25.